The van der Waals surface area contributed by atoms with Gasteiger partial charge in [0.05, 0.1) is 0 Å². The normalized spacial score (nSPS) is 12.6. The van der Waals surface area contributed by atoms with Crippen molar-refractivity contribution in [3.8, 4) is 11.1 Å². The summed E-state index contributed by atoms with van der Waals surface area (Å²) >= 11 is 0. The van der Waals surface area contributed by atoms with Crippen LogP contribution in [0.4, 0.5) is 0 Å². The summed E-state index contributed by atoms with van der Waals surface area (Å²) in [5.41, 5.74) is 6.90. The van der Waals surface area contributed by atoms with Crippen LogP contribution in [-0.2, 0) is 0 Å². The van der Waals surface area contributed by atoms with Gasteiger partial charge < -0.3 is 0 Å². The SMILES string of the molecule is c1ccc([P+](c2ccccc2)(c2ccccc2)c2ccccc2C2c3ccccc3-c3ccccc32)cc1. The molecule has 0 amide bonds. The molecule has 0 heterocycles. The molecule has 6 aromatic carbocycles. The van der Waals surface area contributed by atoms with Gasteiger partial charge in [0.1, 0.15) is 28.5 Å². The monoisotopic (exact) mass is 503 g/mol. The lowest BCUT2D eigenvalue weighted by Crippen LogP contribution is -2.40. The quantitative estimate of drug-likeness (QED) is 0.214. The maximum atomic E-state index is 2.40. The Morgan fingerprint density at radius 1 is 0.316 bits per heavy atom. The Balaban J connectivity index is 1.60. The minimum atomic E-state index is -2.22. The molecule has 0 aromatic heterocycles. The Morgan fingerprint density at radius 3 is 1.11 bits per heavy atom. The summed E-state index contributed by atoms with van der Waals surface area (Å²) in [6, 6.07) is 60.7. The maximum Gasteiger partial charge on any atom is 0.144 e. The molecule has 7 rings (SSSR count). The average Bonchev–Trinajstić information content (AvgIpc) is 3.34. The van der Waals surface area contributed by atoms with E-state index in [-0.39, 0.29) is 5.92 Å². The molecule has 0 fully saturated rings. The highest BCUT2D eigenvalue weighted by Gasteiger charge is 2.50. The fraction of sp³-hybridized carbons (Fsp3) is 0.0270. The summed E-state index contributed by atoms with van der Waals surface area (Å²) in [5, 5.41) is 5.57. The summed E-state index contributed by atoms with van der Waals surface area (Å²) < 4.78 is 0. The Labute approximate surface area is 225 Å². The minimum Gasteiger partial charge on any atom is -0.0620 e. The summed E-state index contributed by atoms with van der Waals surface area (Å²) in [6.07, 6.45) is 0. The molecule has 1 heteroatoms. The molecule has 0 unspecified atom stereocenters. The van der Waals surface area contributed by atoms with Crippen LogP contribution in [0.2, 0.25) is 0 Å². The molecule has 0 saturated heterocycles. The fourth-order valence-corrected chi connectivity index (χ4v) is 10.8. The first kappa shape index (κ1) is 22.9. The number of hydrogen-bond acceptors (Lipinski definition) is 0. The number of fused-ring (bicyclic) bond motifs is 3. The van der Waals surface area contributed by atoms with E-state index in [1.54, 1.807) is 0 Å². The molecule has 1 aliphatic rings. The zero-order chi connectivity index (χ0) is 25.4. The van der Waals surface area contributed by atoms with Crippen LogP contribution in [0.5, 0.6) is 0 Å². The molecular weight excluding hydrogens is 475 g/mol. The molecule has 0 spiro atoms. The standard InChI is InChI=1S/C37H28P/c1-4-16-28(17-5-1)38(29-18-6-2-7-19-29,30-20-8-3-9-21-30)36-27-15-14-26-35(36)37-33-24-12-10-22-31(33)32-23-11-13-25-34(32)37/h1-27,37H/q+1. The fourth-order valence-electron chi connectivity index (χ4n) is 6.35. The highest BCUT2D eigenvalue weighted by molar-refractivity contribution is 8.01. The van der Waals surface area contributed by atoms with Gasteiger partial charge in [0, 0.05) is 11.5 Å². The summed E-state index contributed by atoms with van der Waals surface area (Å²) in [5.74, 6) is 0.189. The van der Waals surface area contributed by atoms with Crippen LogP contribution in [0.15, 0.2) is 164 Å². The molecule has 0 saturated carbocycles. The first-order valence-corrected chi connectivity index (χ1v) is 15.0. The third-order valence-electron chi connectivity index (χ3n) is 7.87. The second-order valence-corrected chi connectivity index (χ2v) is 13.2. The van der Waals surface area contributed by atoms with Crippen LogP contribution in [0, 0.1) is 0 Å². The summed E-state index contributed by atoms with van der Waals surface area (Å²) in [7, 11) is -2.22. The van der Waals surface area contributed by atoms with Crippen LogP contribution in [0.3, 0.4) is 0 Å². The van der Waals surface area contributed by atoms with Crippen molar-refractivity contribution in [3.63, 3.8) is 0 Å². The van der Waals surface area contributed by atoms with Crippen molar-refractivity contribution in [2.45, 2.75) is 5.92 Å². The molecule has 0 aliphatic heterocycles. The van der Waals surface area contributed by atoms with E-state index in [4.69, 9.17) is 0 Å². The van der Waals surface area contributed by atoms with Crippen LogP contribution >= 0.6 is 7.26 Å². The maximum absolute atomic E-state index is 2.40. The molecule has 180 valence electrons. The average molecular weight is 504 g/mol. The van der Waals surface area contributed by atoms with E-state index < -0.39 is 7.26 Å². The summed E-state index contributed by atoms with van der Waals surface area (Å²) in [4.78, 5) is 0. The number of benzene rings is 6. The predicted octanol–water partition coefficient (Wildman–Crippen LogP) is 7.47. The Bertz CT molecular complexity index is 1560. The highest BCUT2D eigenvalue weighted by Crippen LogP contribution is 2.57. The van der Waals surface area contributed by atoms with Crippen molar-refractivity contribution < 1.29 is 0 Å². The van der Waals surface area contributed by atoms with Gasteiger partial charge in [-0.1, -0.05) is 121 Å². The number of hydrogen-bond donors (Lipinski definition) is 0. The van der Waals surface area contributed by atoms with Crippen LogP contribution in [0.1, 0.15) is 22.6 Å². The van der Waals surface area contributed by atoms with Gasteiger partial charge >= 0.3 is 0 Å². The van der Waals surface area contributed by atoms with E-state index in [1.165, 1.54) is 49.0 Å². The van der Waals surface area contributed by atoms with Gasteiger partial charge in [-0.3, -0.25) is 0 Å². The largest absolute Gasteiger partial charge is 0.144 e. The van der Waals surface area contributed by atoms with Crippen LogP contribution < -0.4 is 21.2 Å². The van der Waals surface area contributed by atoms with Gasteiger partial charge in [0.2, 0.25) is 0 Å². The van der Waals surface area contributed by atoms with Gasteiger partial charge in [-0.15, -0.1) is 0 Å². The second kappa shape index (κ2) is 9.56. The molecule has 0 nitrogen and oxygen atoms in total. The van der Waals surface area contributed by atoms with Crippen molar-refractivity contribution in [2.24, 2.45) is 0 Å². The zero-order valence-electron chi connectivity index (χ0n) is 21.1. The first-order chi connectivity index (χ1) is 18.9. The minimum absolute atomic E-state index is 0.189. The van der Waals surface area contributed by atoms with E-state index in [0.717, 1.165) is 0 Å². The van der Waals surface area contributed by atoms with Gasteiger partial charge in [0.25, 0.3) is 0 Å². The van der Waals surface area contributed by atoms with Crippen molar-refractivity contribution in [1.82, 2.24) is 0 Å². The van der Waals surface area contributed by atoms with Gasteiger partial charge in [-0.25, -0.2) is 0 Å². The Kier molecular flexibility index (Phi) is 5.77. The Morgan fingerprint density at radius 2 is 0.658 bits per heavy atom. The van der Waals surface area contributed by atoms with Crippen LogP contribution in [-0.4, -0.2) is 0 Å². The van der Waals surface area contributed by atoms with Gasteiger partial charge in [-0.2, -0.15) is 0 Å². The van der Waals surface area contributed by atoms with Crippen LogP contribution in [0.25, 0.3) is 11.1 Å². The Hall–Kier alpha value is -4.25. The van der Waals surface area contributed by atoms with Crippen molar-refractivity contribution in [1.29, 1.82) is 0 Å². The molecule has 1 aliphatic carbocycles. The molecular formula is C37H28P+. The molecule has 0 bridgehead atoms. The number of rotatable bonds is 5. The smallest absolute Gasteiger partial charge is 0.0620 e. The molecule has 0 atom stereocenters. The first-order valence-electron chi connectivity index (χ1n) is 13.2. The topological polar surface area (TPSA) is 0 Å². The van der Waals surface area contributed by atoms with Crippen molar-refractivity contribution in [3.05, 3.63) is 180 Å². The third-order valence-corrected chi connectivity index (χ3v) is 12.2. The molecule has 38 heavy (non-hydrogen) atoms. The summed E-state index contributed by atoms with van der Waals surface area (Å²) in [6.45, 7) is 0. The second-order valence-electron chi connectivity index (χ2n) is 9.84. The van der Waals surface area contributed by atoms with E-state index in [2.05, 4.69) is 164 Å². The highest BCUT2D eigenvalue weighted by atomic mass is 31.2. The molecule has 6 aromatic rings. The lowest BCUT2D eigenvalue weighted by atomic mass is 9.89. The lowest BCUT2D eigenvalue weighted by molar-refractivity contribution is 1.02. The predicted molar refractivity (Wildman–Crippen MR) is 164 cm³/mol. The van der Waals surface area contributed by atoms with E-state index in [0.29, 0.717) is 0 Å². The third kappa shape index (κ3) is 3.49. The lowest BCUT2D eigenvalue weighted by Gasteiger charge is -2.31. The molecule has 0 radical (unpaired) electrons. The van der Waals surface area contributed by atoms with E-state index >= 15 is 0 Å². The van der Waals surface area contributed by atoms with E-state index in [1.807, 2.05) is 0 Å². The van der Waals surface area contributed by atoms with Gasteiger partial charge in [-0.05, 0) is 64.7 Å². The van der Waals surface area contributed by atoms with Crippen molar-refractivity contribution >= 4 is 28.5 Å². The van der Waals surface area contributed by atoms with E-state index in [9.17, 15) is 0 Å². The molecule has 0 N–H and O–H groups in total. The zero-order valence-corrected chi connectivity index (χ0v) is 22.0. The van der Waals surface area contributed by atoms with Crippen molar-refractivity contribution in [2.75, 3.05) is 0 Å². The van der Waals surface area contributed by atoms with Gasteiger partial charge in [0.15, 0.2) is 0 Å².